The predicted octanol–water partition coefficient (Wildman–Crippen LogP) is 14.7. The van der Waals surface area contributed by atoms with Crippen LogP contribution in [0.1, 0.15) is 35.2 Å². The van der Waals surface area contributed by atoms with Gasteiger partial charge in [0, 0.05) is 71.1 Å². The minimum atomic E-state index is 0.131. The Morgan fingerprint density at radius 3 is 2.24 bits per heavy atom. The van der Waals surface area contributed by atoms with Crippen molar-refractivity contribution in [1.29, 1.82) is 5.26 Å². The Hall–Kier alpha value is -7.19. The molecule has 0 spiro atoms. The van der Waals surface area contributed by atoms with Crippen molar-refractivity contribution in [3.8, 4) is 34.0 Å². The second-order valence-corrected chi connectivity index (χ2v) is 17.0. The Morgan fingerprint density at radius 1 is 0.576 bits per heavy atom. The first-order chi connectivity index (χ1) is 29.2. The molecule has 0 radical (unpaired) electrons. The molecule has 0 bridgehead atoms. The monoisotopic (exact) mass is 771 g/mol. The summed E-state index contributed by atoms with van der Waals surface area (Å²) < 4.78 is 7.53. The summed E-state index contributed by atoms with van der Waals surface area (Å²) in [5, 5.41) is 16.1. The highest BCUT2D eigenvalue weighted by Crippen LogP contribution is 2.44. The van der Waals surface area contributed by atoms with Crippen LogP contribution in [-0.4, -0.2) is 9.13 Å². The molecule has 2 unspecified atom stereocenters. The van der Waals surface area contributed by atoms with Gasteiger partial charge in [-0.3, -0.25) is 0 Å². The van der Waals surface area contributed by atoms with E-state index in [0.29, 0.717) is 0 Å². The van der Waals surface area contributed by atoms with Crippen molar-refractivity contribution in [2.75, 3.05) is 0 Å². The van der Waals surface area contributed by atoms with Gasteiger partial charge in [-0.2, -0.15) is 5.26 Å². The van der Waals surface area contributed by atoms with E-state index in [4.69, 9.17) is 0 Å². The molecule has 0 aliphatic heterocycles. The maximum atomic E-state index is 9.66. The van der Waals surface area contributed by atoms with Crippen LogP contribution in [0.4, 0.5) is 0 Å². The predicted molar refractivity (Wildman–Crippen MR) is 248 cm³/mol. The topological polar surface area (TPSA) is 33.6 Å². The second kappa shape index (κ2) is 13.5. The van der Waals surface area contributed by atoms with Crippen LogP contribution in [0.3, 0.4) is 0 Å². The highest BCUT2D eigenvalue weighted by atomic mass is 32.1. The standard InChI is InChI=1S/C55H37N3S/c56-34-35-10-8-13-42(30-35)58-50-18-6-4-14-44(50)48-31-38(26-29-52(48)58)36-20-22-37(23-21-36)39-25-28-51-49(32-39)45-27-24-40(33-53(45)57(51)41-11-2-1-3-12-41)43-16-9-17-47-46-15-5-7-19-54(46)59-55(43)47/h1-29,32-33,38,42H,30-31H2. The maximum Gasteiger partial charge on any atom is 0.0948 e. The first-order valence-electron chi connectivity index (χ1n) is 20.4. The SMILES string of the molecule is N#CC1=CC=CC(n2c3c(c4ccccc42)CC(c2ccc(-c4ccc5c(c4)c4ccc(-c6cccc7c6sc6ccccc67)cc4n5-c4ccccc4)cc2)C=C3)C1. The largest absolute Gasteiger partial charge is 0.333 e. The van der Waals surface area contributed by atoms with E-state index < -0.39 is 0 Å². The molecule has 7 aromatic carbocycles. The zero-order valence-corrected chi connectivity index (χ0v) is 33.0. The van der Waals surface area contributed by atoms with E-state index in [1.165, 1.54) is 92.0 Å². The lowest BCUT2D eigenvalue weighted by atomic mass is 9.86. The lowest BCUT2D eigenvalue weighted by molar-refractivity contribution is 0.610. The first-order valence-corrected chi connectivity index (χ1v) is 21.2. The number of nitriles is 1. The molecule has 0 N–H and O–H groups in total. The molecule has 3 heterocycles. The van der Waals surface area contributed by atoms with E-state index in [0.717, 1.165) is 24.1 Å². The van der Waals surface area contributed by atoms with E-state index >= 15 is 0 Å². The summed E-state index contributed by atoms with van der Waals surface area (Å²) >= 11 is 1.88. The Morgan fingerprint density at radius 2 is 1.36 bits per heavy atom. The van der Waals surface area contributed by atoms with Crippen LogP contribution in [0.15, 0.2) is 188 Å². The summed E-state index contributed by atoms with van der Waals surface area (Å²) in [7, 11) is 0. The van der Waals surface area contributed by atoms with Crippen LogP contribution >= 0.6 is 11.3 Å². The van der Waals surface area contributed by atoms with E-state index in [1.54, 1.807) is 0 Å². The number of aromatic nitrogens is 2. The molecule has 0 saturated carbocycles. The summed E-state index contributed by atoms with van der Waals surface area (Å²) in [6.07, 6.45) is 12.6. The van der Waals surface area contributed by atoms with Gasteiger partial charge in [-0.05, 0) is 94.4 Å². The Balaban J connectivity index is 0.909. The summed E-state index contributed by atoms with van der Waals surface area (Å²) in [5.74, 6) is 0.284. The molecule has 278 valence electrons. The third-order valence-electron chi connectivity index (χ3n) is 12.7. The number of hydrogen-bond acceptors (Lipinski definition) is 2. The number of hydrogen-bond donors (Lipinski definition) is 0. The van der Waals surface area contributed by atoms with E-state index in [1.807, 2.05) is 23.5 Å². The van der Waals surface area contributed by atoms with Gasteiger partial charge in [0.15, 0.2) is 0 Å². The lowest BCUT2D eigenvalue weighted by Gasteiger charge is -2.24. The number of para-hydroxylation sites is 2. The highest BCUT2D eigenvalue weighted by Gasteiger charge is 2.26. The number of nitrogens with zero attached hydrogens (tertiary/aromatic N) is 3. The van der Waals surface area contributed by atoms with Crippen molar-refractivity contribution in [2.24, 2.45) is 0 Å². The molecule has 0 amide bonds. The fourth-order valence-corrected chi connectivity index (χ4v) is 11.1. The van der Waals surface area contributed by atoms with Gasteiger partial charge >= 0.3 is 0 Å². The van der Waals surface area contributed by atoms with Crippen LogP contribution in [0.5, 0.6) is 0 Å². The van der Waals surface area contributed by atoms with Gasteiger partial charge in [-0.1, -0.05) is 133 Å². The van der Waals surface area contributed by atoms with Gasteiger partial charge in [0.25, 0.3) is 0 Å². The van der Waals surface area contributed by atoms with Crippen molar-refractivity contribution in [3.63, 3.8) is 0 Å². The molecule has 4 heteroatoms. The molecule has 10 aromatic rings. The number of allylic oxidation sites excluding steroid dienone is 5. The quantitative estimate of drug-likeness (QED) is 0.172. The van der Waals surface area contributed by atoms with Crippen LogP contribution < -0.4 is 0 Å². The molecule has 3 aromatic heterocycles. The molecule has 59 heavy (non-hydrogen) atoms. The van der Waals surface area contributed by atoms with Gasteiger partial charge in [0.05, 0.1) is 23.1 Å². The normalized spacial score (nSPS) is 16.3. The van der Waals surface area contributed by atoms with Crippen LogP contribution in [0.2, 0.25) is 0 Å². The third-order valence-corrected chi connectivity index (χ3v) is 13.9. The molecule has 2 aliphatic rings. The van der Waals surface area contributed by atoms with Gasteiger partial charge in [-0.15, -0.1) is 11.3 Å². The average molecular weight is 772 g/mol. The molecular formula is C55H37N3S. The third kappa shape index (κ3) is 5.39. The zero-order valence-electron chi connectivity index (χ0n) is 32.2. The Kier molecular flexibility index (Phi) is 7.73. The van der Waals surface area contributed by atoms with Gasteiger partial charge < -0.3 is 9.13 Å². The second-order valence-electron chi connectivity index (χ2n) is 15.9. The van der Waals surface area contributed by atoms with Gasteiger partial charge in [0.1, 0.15) is 0 Å². The molecule has 3 nitrogen and oxygen atoms in total. The Labute approximate surface area is 346 Å². The van der Waals surface area contributed by atoms with Gasteiger partial charge in [0.2, 0.25) is 0 Å². The van der Waals surface area contributed by atoms with Crippen molar-refractivity contribution < 1.29 is 0 Å². The minimum absolute atomic E-state index is 0.131. The van der Waals surface area contributed by atoms with Crippen LogP contribution in [0, 0.1) is 11.3 Å². The molecule has 0 saturated heterocycles. The highest BCUT2D eigenvalue weighted by molar-refractivity contribution is 7.26. The average Bonchev–Trinajstić information content (AvgIpc) is 3.96. The van der Waals surface area contributed by atoms with Crippen molar-refractivity contribution >= 4 is 70.3 Å². The number of thiophene rings is 1. The van der Waals surface area contributed by atoms with Gasteiger partial charge in [-0.25, -0.2) is 0 Å². The van der Waals surface area contributed by atoms with Crippen LogP contribution in [0.25, 0.3) is 86.9 Å². The maximum absolute atomic E-state index is 9.66. The number of benzene rings is 7. The molecule has 12 rings (SSSR count). The fourth-order valence-electron chi connectivity index (χ4n) is 9.87. The summed E-state index contributed by atoms with van der Waals surface area (Å²) in [6.45, 7) is 0. The van der Waals surface area contributed by atoms with E-state index in [2.05, 4.69) is 191 Å². The fraction of sp³-hybridized carbons (Fsp3) is 0.0727. The Bertz CT molecular complexity index is 3450. The molecule has 2 aliphatic carbocycles. The molecule has 0 fully saturated rings. The smallest absolute Gasteiger partial charge is 0.0948 e. The van der Waals surface area contributed by atoms with Crippen molar-refractivity contribution in [2.45, 2.75) is 24.8 Å². The van der Waals surface area contributed by atoms with Crippen LogP contribution in [-0.2, 0) is 6.42 Å². The summed E-state index contributed by atoms with van der Waals surface area (Å²) in [6, 6.07) is 60.7. The molecular weight excluding hydrogens is 735 g/mol. The molecule has 2 atom stereocenters. The minimum Gasteiger partial charge on any atom is -0.333 e. The summed E-state index contributed by atoms with van der Waals surface area (Å²) in [5.41, 5.74) is 14.6. The number of rotatable bonds is 5. The zero-order chi connectivity index (χ0) is 39.0. The first kappa shape index (κ1) is 33.9. The van der Waals surface area contributed by atoms with E-state index in [-0.39, 0.29) is 12.0 Å². The van der Waals surface area contributed by atoms with E-state index in [9.17, 15) is 5.26 Å². The van der Waals surface area contributed by atoms with Crippen molar-refractivity contribution in [1.82, 2.24) is 9.13 Å². The number of fused-ring (bicyclic) bond motifs is 9. The summed E-state index contributed by atoms with van der Waals surface area (Å²) in [4.78, 5) is 0. The van der Waals surface area contributed by atoms with Crippen molar-refractivity contribution in [3.05, 3.63) is 204 Å². The lowest BCUT2D eigenvalue weighted by Crippen LogP contribution is -2.13.